The molecule has 6 aliphatic rings. The molecule has 3 saturated carbocycles. The largest absolute Gasteiger partial charge is 0.453 e. The Morgan fingerprint density at radius 2 is 0.971 bits per heavy atom. The normalized spacial score (nSPS) is 23.1. The molecule has 14 nitrogen and oxygen atoms in total. The Balaban J connectivity index is 0.811. The van der Waals surface area contributed by atoms with Crippen LogP contribution >= 0.6 is 0 Å². The number of H-pyrrole nitrogens is 2. The molecule has 2 bridgehead atoms. The number of likely N-dealkylation sites (tertiary alicyclic amines) is 2. The summed E-state index contributed by atoms with van der Waals surface area (Å²) in [7, 11) is 2.63. The van der Waals surface area contributed by atoms with Gasteiger partial charge in [0.05, 0.1) is 50.1 Å². The molecule has 2 aromatic heterocycles. The van der Waals surface area contributed by atoms with E-state index < -0.39 is 24.3 Å². The second-order valence-corrected chi connectivity index (χ2v) is 21.8. The molecule has 4 amide bonds. The molecule has 3 aromatic carbocycles. The summed E-state index contributed by atoms with van der Waals surface area (Å²) in [5.74, 6) is 2.26. The number of nitrogens with one attached hydrogen (secondary N) is 4. The maximum absolute atomic E-state index is 14.0. The number of imidazole rings is 2. The highest BCUT2D eigenvalue weighted by Crippen LogP contribution is 2.61. The number of carbonyl (C=O) groups is 4. The second kappa shape index (κ2) is 17.2. The molecule has 2 spiro atoms. The van der Waals surface area contributed by atoms with Crippen LogP contribution < -0.4 is 10.6 Å². The van der Waals surface area contributed by atoms with Gasteiger partial charge < -0.3 is 39.9 Å². The number of aromatic amines is 2. The van der Waals surface area contributed by atoms with E-state index in [4.69, 9.17) is 19.4 Å². The van der Waals surface area contributed by atoms with Gasteiger partial charge in [0.2, 0.25) is 11.8 Å². The third-order valence-electron chi connectivity index (χ3n) is 16.7. The van der Waals surface area contributed by atoms with Crippen LogP contribution in [0.15, 0.2) is 73.1 Å². The monoisotopic (exact) mass is 932 g/mol. The molecule has 14 heteroatoms. The number of alkyl carbamates (subject to hydrolysis) is 2. The van der Waals surface area contributed by atoms with Gasteiger partial charge in [-0.1, -0.05) is 88.4 Å². The number of aromatic nitrogens is 4. The van der Waals surface area contributed by atoms with Gasteiger partial charge in [0.15, 0.2) is 0 Å². The Hall–Kier alpha value is -6.44. The summed E-state index contributed by atoms with van der Waals surface area (Å²) in [5, 5.41) is 5.55. The minimum Gasteiger partial charge on any atom is -0.453 e. The van der Waals surface area contributed by atoms with Gasteiger partial charge in [-0.3, -0.25) is 9.59 Å². The summed E-state index contributed by atoms with van der Waals surface area (Å²) >= 11 is 0. The summed E-state index contributed by atoms with van der Waals surface area (Å²) in [4.78, 5) is 73.2. The number of benzene rings is 3. The predicted molar refractivity (Wildman–Crippen MR) is 262 cm³/mol. The summed E-state index contributed by atoms with van der Waals surface area (Å²) < 4.78 is 9.71. The summed E-state index contributed by atoms with van der Waals surface area (Å²) in [6, 6.07) is 20.5. The van der Waals surface area contributed by atoms with E-state index in [0.717, 1.165) is 72.7 Å². The third kappa shape index (κ3) is 8.16. The molecule has 6 atom stereocenters. The third-order valence-corrected chi connectivity index (χ3v) is 16.7. The minimum absolute atomic E-state index is 0.0953. The first-order valence-corrected chi connectivity index (χ1v) is 25.0. The fraction of sp³-hybridized carbons (Fsp3) is 0.491. The van der Waals surface area contributed by atoms with Crippen LogP contribution in [0.4, 0.5) is 9.59 Å². The van der Waals surface area contributed by atoms with Crippen LogP contribution in [0.1, 0.15) is 132 Å². The lowest BCUT2D eigenvalue weighted by Crippen LogP contribution is -2.51. The number of rotatable bonds is 12. The minimum atomic E-state index is -0.682. The van der Waals surface area contributed by atoms with E-state index in [1.807, 2.05) is 49.9 Å². The first kappa shape index (κ1) is 45.0. The van der Waals surface area contributed by atoms with E-state index in [0.29, 0.717) is 24.9 Å². The highest BCUT2D eigenvalue weighted by Gasteiger charge is 2.56. The van der Waals surface area contributed by atoms with Crippen LogP contribution in [0.5, 0.6) is 0 Å². The van der Waals surface area contributed by atoms with Crippen LogP contribution in [0.3, 0.4) is 0 Å². The van der Waals surface area contributed by atoms with E-state index in [-0.39, 0.29) is 46.6 Å². The van der Waals surface area contributed by atoms with Gasteiger partial charge in [-0.25, -0.2) is 19.6 Å². The average Bonchev–Trinajstić information content (AvgIpc) is 3.79. The predicted octanol–water partition coefficient (Wildman–Crippen LogP) is 10.0. The topological polar surface area (TPSA) is 175 Å². The van der Waals surface area contributed by atoms with Gasteiger partial charge in [0.25, 0.3) is 0 Å². The van der Waals surface area contributed by atoms with Crippen molar-refractivity contribution < 1.29 is 28.7 Å². The molecule has 4 heterocycles. The van der Waals surface area contributed by atoms with Crippen molar-refractivity contribution in [3.05, 3.63) is 95.8 Å². The molecule has 2 saturated heterocycles. The molecule has 2 aliphatic heterocycles. The van der Waals surface area contributed by atoms with Crippen LogP contribution in [-0.4, -0.2) is 93.1 Å². The zero-order valence-electron chi connectivity index (χ0n) is 40.6. The molecule has 3 unspecified atom stereocenters. The smallest absolute Gasteiger partial charge is 0.407 e. The molecule has 4 N–H and O–H groups in total. The van der Waals surface area contributed by atoms with Crippen molar-refractivity contribution in [2.45, 2.75) is 121 Å². The van der Waals surface area contributed by atoms with E-state index in [1.54, 1.807) is 0 Å². The number of methoxy groups -OCH3 is 2. The van der Waals surface area contributed by atoms with E-state index in [9.17, 15) is 19.2 Å². The number of carbonyl (C=O) groups excluding carboxylic acids is 4. The highest BCUT2D eigenvalue weighted by molar-refractivity contribution is 5.88. The lowest BCUT2D eigenvalue weighted by atomic mass is 9.81. The number of hydrogen-bond donors (Lipinski definition) is 4. The number of fused-ring (bicyclic) bond motifs is 5. The number of amides is 4. The van der Waals surface area contributed by atoms with Crippen molar-refractivity contribution in [1.82, 2.24) is 40.4 Å². The van der Waals surface area contributed by atoms with Crippen LogP contribution in [0.25, 0.3) is 44.8 Å². The molecule has 360 valence electrons. The Morgan fingerprint density at radius 3 is 1.32 bits per heavy atom. The fourth-order valence-corrected chi connectivity index (χ4v) is 12.4. The van der Waals surface area contributed by atoms with E-state index in [2.05, 4.69) is 81.3 Å². The SMILES string of the molecule is COC(=O)NC(C(=O)N1CC2(CC2)C[C@H]1c1ncc(-c2ccc(-c3ccc(-c4ccc(-c5cnc([C@@H]6CC7(CC7)CN6C(=O)[C@@H](NC(=O)OC)C(C)C)[nH]5)cc4)c4c3C3CCC4C3)cc2)[nH]1)C(C)C. The summed E-state index contributed by atoms with van der Waals surface area (Å²) in [6.45, 7) is 9.09. The number of nitrogens with zero attached hydrogens (tertiary/aromatic N) is 4. The lowest BCUT2D eigenvalue weighted by molar-refractivity contribution is -0.136. The van der Waals surface area contributed by atoms with Crippen molar-refractivity contribution in [2.24, 2.45) is 22.7 Å². The number of ether oxygens (including phenoxy) is 2. The summed E-state index contributed by atoms with van der Waals surface area (Å²) in [5.41, 5.74) is 12.2. The molecule has 69 heavy (non-hydrogen) atoms. The molecule has 11 rings (SSSR count). The van der Waals surface area contributed by atoms with Gasteiger partial charge in [0.1, 0.15) is 23.7 Å². The zero-order chi connectivity index (χ0) is 47.9. The maximum atomic E-state index is 14.0. The van der Waals surface area contributed by atoms with Crippen LogP contribution in [-0.2, 0) is 19.1 Å². The molecular formula is C55H64N8O6. The van der Waals surface area contributed by atoms with Crippen LogP contribution in [0.2, 0.25) is 0 Å². The molecule has 5 aromatic rings. The number of hydrogen-bond acceptors (Lipinski definition) is 8. The van der Waals surface area contributed by atoms with Gasteiger partial charge in [-0.15, -0.1) is 0 Å². The van der Waals surface area contributed by atoms with Crippen molar-refractivity contribution >= 4 is 24.0 Å². The molecule has 4 aliphatic carbocycles. The first-order chi connectivity index (χ1) is 33.3. The van der Waals surface area contributed by atoms with Crippen LogP contribution in [0, 0.1) is 22.7 Å². The second-order valence-electron chi connectivity index (χ2n) is 21.8. The fourth-order valence-electron chi connectivity index (χ4n) is 12.4. The zero-order valence-corrected chi connectivity index (χ0v) is 40.6. The maximum Gasteiger partial charge on any atom is 0.407 e. The van der Waals surface area contributed by atoms with E-state index in [1.165, 1.54) is 66.9 Å². The van der Waals surface area contributed by atoms with Crippen molar-refractivity contribution in [3.63, 3.8) is 0 Å². The first-order valence-electron chi connectivity index (χ1n) is 25.0. The van der Waals surface area contributed by atoms with Crippen molar-refractivity contribution in [2.75, 3.05) is 27.3 Å². The molecule has 5 fully saturated rings. The Bertz CT molecular complexity index is 2610. The van der Waals surface area contributed by atoms with Gasteiger partial charge in [-0.2, -0.15) is 0 Å². The molecule has 0 radical (unpaired) electrons. The van der Waals surface area contributed by atoms with Crippen molar-refractivity contribution in [3.8, 4) is 44.8 Å². The molecular weight excluding hydrogens is 869 g/mol. The lowest BCUT2D eigenvalue weighted by Gasteiger charge is -2.30. The highest BCUT2D eigenvalue weighted by atomic mass is 16.5. The Labute approximate surface area is 403 Å². The quantitative estimate of drug-likeness (QED) is 0.0956. The standard InChI is InChI=1S/C55H64N8O6/c1-30(2)46(60-52(66)68-5)50(64)62-28-54(19-20-54)24-42(62)48-56-26-40(58-48)34-11-7-32(8-12-34)38-17-18-39(45-37-16-15-36(23-37)44(38)45)33-9-13-35(14-10-33)41-27-57-49(59-41)43-25-55(21-22-55)29-63(43)51(65)47(31(3)4)61-53(67)69-6/h7-14,17-18,26-27,30-31,36-37,42-43,46-47H,15-16,19-25,28-29H2,1-6H3,(H,56,58)(H,57,59)(H,60,66)(H,61,67)/t36?,37?,42-,43-,46-,47?/m0/s1. The van der Waals surface area contributed by atoms with Gasteiger partial charge in [0, 0.05) is 13.1 Å². The van der Waals surface area contributed by atoms with E-state index >= 15 is 0 Å². The van der Waals surface area contributed by atoms with Gasteiger partial charge in [-0.05, 0) is 137 Å². The Kier molecular flexibility index (Phi) is 11.2. The van der Waals surface area contributed by atoms with Gasteiger partial charge >= 0.3 is 12.2 Å². The summed E-state index contributed by atoms with van der Waals surface area (Å²) in [6.07, 6.45) is 12.3. The average molecular weight is 933 g/mol. The van der Waals surface area contributed by atoms with Crippen molar-refractivity contribution in [1.29, 1.82) is 0 Å². The Morgan fingerprint density at radius 1 is 0.594 bits per heavy atom.